The van der Waals surface area contributed by atoms with E-state index < -0.39 is 36.1 Å². The topological polar surface area (TPSA) is 168 Å². The van der Waals surface area contributed by atoms with Crippen molar-refractivity contribution in [1.29, 1.82) is 0 Å². The Morgan fingerprint density at radius 3 is 1.51 bits per heavy atom. The van der Waals surface area contributed by atoms with E-state index in [0.717, 1.165) is 16.8 Å². The molecule has 3 heterocycles. The lowest BCUT2D eigenvalue weighted by atomic mass is 10.1. The second kappa shape index (κ2) is 15.6. The van der Waals surface area contributed by atoms with Gasteiger partial charge in [0.15, 0.2) is 12.2 Å². The first-order chi connectivity index (χ1) is 25.8. The highest BCUT2D eigenvalue weighted by atomic mass is 16.3. The molecule has 2 fully saturated rings. The molecule has 5 aromatic rings. The van der Waals surface area contributed by atoms with Gasteiger partial charge in [-0.3, -0.25) is 24.3 Å². The molecule has 7 rings (SSSR count). The molecule has 2 aliphatic rings. The van der Waals surface area contributed by atoms with Crippen molar-refractivity contribution in [3.8, 4) is 22.5 Å². The van der Waals surface area contributed by atoms with E-state index in [0.29, 0.717) is 67.0 Å². The molecule has 4 amide bonds. The Bertz CT molecular complexity index is 1920. The number of H-pyrrole nitrogens is 1. The Morgan fingerprint density at radius 1 is 0.623 bits per heavy atom. The number of amides is 4. The minimum atomic E-state index is -1.32. The molecule has 0 aliphatic carbocycles. The Morgan fingerprint density at radius 2 is 1.06 bits per heavy atom. The Balaban J connectivity index is 0.938. The average Bonchev–Trinajstić information content (AvgIpc) is 4.00. The van der Waals surface area contributed by atoms with E-state index in [9.17, 15) is 29.4 Å². The number of aliphatic hydroxyl groups excluding tert-OH is 2. The summed E-state index contributed by atoms with van der Waals surface area (Å²) in [6, 6.07) is 32.5. The number of aromatic nitrogens is 2. The number of nitrogens with zero attached hydrogens (tertiary/aromatic N) is 3. The van der Waals surface area contributed by atoms with Gasteiger partial charge in [0.05, 0.1) is 11.4 Å². The lowest BCUT2D eigenvalue weighted by Gasteiger charge is -2.26. The van der Waals surface area contributed by atoms with Gasteiger partial charge in [-0.25, -0.2) is 0 Å². The van der Waals surface area contributed by atoms with E-state index in [4.69, 9.17) is 0 Å². The summed E-state index contributed by atoms with van der Waals surface area (Å²) < 4.78 is 0. The number of benzene rings is 4. The Hall–Kier alpha value is -6.11. The van der Waals surface area contributed by atoms with E-state index in [2.05, 4.69) is 20.8 Å². The number of carbonyl (C=O) groups excluding carboxylic acids is 4. The predicted molar refractivity (Wildman–Crippen MR) is 199 cm³/mol. The third-order valence-corrected chi connectivity index (χ3v) is 9.87. The third-order valence-electron chi connectivity index (χ3n) is 9.87. The smallest absolute Gasteiger partial charge is 0.256 e. The monoisotopic (exact) mass is 712 g/mol. The van der Waals surface area contributed by atoms with Crippen molar-refractivity contribution in [2.75, 3.05) is 23.7 Å². The normalized spacial score (nSPS) is 18.0. The highest BCUT2D eigenvalue weighted by molar-refractivity contribution is 5.99. The molecule has 4 atom stereocenters. The van der Waals surface area contributed by atoms with Crippen LogP contribution in [0.4, 0.5) is 11.4 Å². The van der Waals surface area contributed by atoms with Crippen molar-refractivity contribution in [3.63, 3.8) is 0 Å². The number of hydrogen-bond donors (Lipinski definition) is 5. The number of carbonyl (C=O) groups is 4. The summed E-state index contributed by atoms with van der Waals surface area (Å²) in [6.45, 7) is 0.809. The van der Waals surface area contributed by atoms with E-state index >= 15 is 0 Å². The van der Waals surface area contributed by atoms with E-state index in [-0.39, 0.29) is 11.8 Å². The summed E-state index contributed by atoms with van der Waals surface area (Å²) in [4.78, 5) is 55.5. The fourth-order valence-electron chi connectivity index (χ4n) is 7.00. The highest BCUT2D eigenvalue weighted by Crippen LogP contribution is 2.29. The van der Waals surface area contributed by atoms with Crippen LogP contribution in [0.3, 0.4) is 0 Å². The zero-order chi connectivity index (χ0) is 36.9. The van der Waals surface area contributed by atoms with Gasteiger partial charge in [-0.1, -0.05) is 84.9 Å². The quantitative estimate of drug-likeness (QED) is 0.135. The fraction of sp³-hybridized carbons (Fsp3) is 0.244. The number of aliphatic hydroxyl groups is 2. The number of rotatable bonds is 10. The van der Waals surface area contributed by atoms with Gasteiger partial charge >= 0.3 is 0 Å². The summed E-state index contributed by atoms with van der Waals surface area (Å²) in [6.07, 6.45) is -0.272. The van der Waals surface area contributed by atoms with Gasteiger partial charge in [0.1, 0.15) is 12.1 Å². The van der Waals surface area contributed by atoms with E-state index in [1.165, 1.54) is 9.80 Å². The predicted octanol–water partition coefficient (Wildman–Crippen LogP) is 5.07. The first-order valence-corrected chi connectivity index (χ1v) is 17.7. The van der Waals surface area contributed by atoms with Crippen molar-refractivity contribution in [1.82, 2.24) is 20.0 Å². The molecule has 53 heavy (non-hydrogen) atoms. The molecule has 2 saturated heterocycles. The van der Waals surface area contributed by atoms with Gasteiger partial charge in [-0.15, -0.1) is 0 Å². The van der Waals surface area contributed by atoms with Gasteiger partial charge in [0.25, 0.3) is 11.8 Å². The van der Waals surface area contributed by atoms with Crippen molar-refractivity contribution in [3.05, 3.63) is 126 Å². The third kappa shape index (κ3) is 7.74. The molecule has 0 spiro atoms. The van der Waals surface area contributed by atoms with Gasteiger partial charge in [0.2, 0.25) is 11.8 Å². The maximum atomic E-state index is 13.2. The summed E-state index contributed by atoms with van der Waals surface area (Å²) in [7, 11) is 0. The zero-order valence-corrected chi connectivity index (χ0v) is 28.9. The van der Waals surface area contributed by atoms with Crippen LogP contribution in [0, 0.1) is 0 Å². The fourth-order valence-corrected chi connectivity index (χ4v) is 7.00. The number of anilines is 2. The Labute approximate surface area is 306 Å². The lowest BCUT2D eigenvalue weighted by molar-refractivity contribution is -0.144. The summed E-state index contributed by atoms with van der Waals surface area (Å²) in [5, 5.41) is 34.6. The van der Waals surface area contributed by atoms with Gasteiger partial charge in [-0.2, -0.15) is 5.10 Å². The number of likely N-dealkylation sites (tertiary alicyclic amines) is 2. The second-order valence-electron chi connectivity index (χ2n) is 13.3. The molecule has 0 radical (unpaired) electrons. The van der Waals surface area contributed by atoms with Crippen LogP contribution in [0.25, 0.3) is 22.5 Å². The lowest BCUT2D eigenvalue weighted by Crippen LogP contribution is -2.45. The van der Waals surface area contributed by atoms with Gasteiger partial charge in [0, 0.05) is 30.0 Å². The first-order valence-electron chi connectivity index (χ1n) is 17.7. The first kappa shape index (κ1) is 35.3. The molecule has 1 aromatic heterocycles. The minimum absolute atomic E-state index is 0.303. The zero-order valence-electron chi connectivity index (χ0n) is 28.9. The molecule has 1 unspecified atom stereocenters. The van der Waals surface area contributed by atoms with Crippen LogP contribution in [0.2, 0.25) is 0 Å². The molecule has 0 bridgehead atoms. The second-order valence-corrected chi connectivity index (χ2v) is 13.3. The molecule has 5 N–H and O–H groups in total. The summed E-state index contributed by atoms with van der Waals surface area (Å²) >= 11 is 0. The number of nitrogens with one attached hydrogen (secondary N) is 3. The molecule has 0 saturated carbocycles. The largest absolute Gasteiger partial charge is 0.378 e. The molecule has 12 heteroatoms. The number of hydrogen-bond acceptors (Lipinski definition) is 7. The SMILES string of the molecule is O=C(Nc1ccc(-c2cc(-c3ccc(NC(=O)[C@@H]4CCCN4C(=O)[C@H](O)c4ccccc4)cc3)n[nH]2)cc1)C1CCCN1C(=O)[C@H](O)c1ccccc1. The Kier molecular flexibility index (Phi) is 10.4. The summed E-state index contributed by atoms with van der Waals surface area (Å²) in [5.74, 6) is -1.57. The maximum absolute atomic E-state index is 13.2. The van der Waals surface area contributed by atoms with Gasteiger partial charge < -0.3 is 30.6 Å². The maximum Gasteiger partial charge on any atom is 0.256 e. The van der Waals surface area contributed by atoms with Crippen molar-refractivity contribution < 1.29 is 29.4 Å². The van der Waals surface area contributed by atoms with Crippen molar-refractivity contribution >= 4 is 35.0 Å². The van der Waals surface area contributed by atoms with E-state index in [1.54, 1.807) is 72.8 Å². The molecule has 4 aromatic carbocycles. The molecule has 2 aliphatic heterocycles. The molecular weight excluding hydrogens is 672 g/mol. The van der Waals surface area contributed by atoms with Crippen LogP contribution >= 0.6 is 0 Å². The van der Waals surface area contributed by atoms with Crippen molar-refractivity contribution in [2.45, 2.75) is 50.0 Å². The highest BCUT2D eigenvalue weighted by Gasteiger charge is 2.38. The standard InChI is InChI=1S/C41H40N6O6/c48-36(28-9-3-1-4-10-28)40(52)46-23-7-13-34(46)38(50)42-30-19-15-26(16-20-30)32-25-33(45-44-32)27-17-21-31(22-18-27)43-39(51)35-14-8-24-47(35)41(53)37(49)29-11-5-2-6-12-29/h1-6,9-12,15-22,25,34-37,48-49H,7-8,13-14,23-24H2,(H,42,50)(H,43,51)(H,44,45)/t34-,35?,36+,37+/m0/s1. The molecule has 12 nitrogen and oxygen atoms in total. The van der Waals surface area contributed by atoms with Crippen LogP contribution in [-0.4, -0.2) is 79.0 Å². The molecule has 270 valence electrons. The minimum Gasteiger partial charge on any atom is -0.378 e. The van der Waals surface area contributed by atoms with Crippen LogP contribution in [0.15, 0.2) is 115 Å². The van der Waals surface area contributed by atoms with Crippen LogP contribution in [0.1, 0.15) is 49.0 Å². The average molecular weight is 713 g/mol. The van der Waals surface area contributed by atoms with Gasteiger partial charge in [-0.05, 0) is 72.7 Å². The summed E-state index contributed by atoms with van der Waals surface area (Å²) in [5.41, 5.74) is 5.27. The van der Waals surface area contributed by atoms with Crippen LogP contribution in [-0.2, 0) is 19.2 Å². The van der Waals surface area contributed by atoms with E-state index in [1.807, 2.05) is 42.5 Å². The number of aromatic amines is 1. The van der Waals surface area contributed by atoms with Crippen molar-refractivity contribution in [2.24, 2.45) is 0 Å². The molecular formula is C41H40N6O6. The van der Waals surface area contributed by atoms with Crippen LogP contribution in [0.5, 0.6) is 0 Å². The van der Waals surface area contributed by atoms with Crippen LogP contribution < -0.4 is 10.6 Å².